The van der Waals surface area contributed by atoms with E-state index in [1.54, 1.807) is 6.07 Å². The second-order valence-corrected chi connectivity index (χ2v) is 9.87. The largest absolute Gasteiger partial charge is 0.345 e. The predicted octanol–water partition coefficient (Wildman–Crippen LogP) is 4.24. The average Bonchev–Trinajstić information content (AvgIpc) is 3.51. The molecule has 2 amide bonds. The molecule has 0 aliphatic heterocycles. The minimum Gasteiger partial charge on any atom is -0.345 e. The minimum absolute atomic E-state index is 0.117. The molecule has 0 atom stereocenters. The van der Waals surface area contributed by atoms with Crippen LogP contribution in [0.15, 0.2) is 78.0 Å². The molecule has 0 saturated carbocycles. The lowest BCUT2D eigenvalue weighted by Gasteiger charge is -2.11. The van der Waals surface area contributed by atoms with Crippen molar-refractivity contribution < 1.29 is 9.59 Å². The van der Waals surface area contributed by atoms with Crippen molar-refractivity contribution in [2.24, 2.45) is 0 Å². The van der Waals surface area contributed by atoms with Crippen LogP contribution in [0.25, 0.3) is 16.5 Å². The normalized spacial score (nSPS) is 10.9. The highest BCUT2D eigenvalue weighted by atomic mass is 32.2. The average molecular weight is 516 g/mol. The van der Waals surface area contributed by atoms with Gasteiger partial charge in [-0.3, -0.25) is 19.5 Å². The van der Waals surface area contributed by atoms with Gasteiger partial charge < -0.3 is 5.32 Å². The summed E-state index contributed by atoms with van der Waals surface area (Å²) in [5.74, 6) is 0.253. The first kappa shape index (κ1) is 23.6. The van der Waals surface area contributed by atoms with Gasteiger partial charge in [0, 0.05) is 11.3 Å². The van der Waals surface area contributed by atoms with Gasteiger partial charge in [-0.2, -0.15) is 0 Å². The molecule has 0 unspecified atom stereocenters. The second kappa shape index (κ2) is 10.7. The molecule has 5 aromatic rings. The first-order valence-corrected chi connectivity index (χ1v) is 12.9. The van der Waals surface area contributed by atoms with Crippen LogP contribution in [0, 0.1) is 6.92 Å². The Morgan fingerprint density at radius 2 is 1.69 bits per heavy atom. The summed E-state index contributed by atoms with van der Waals surface area (Å²) in [5, 5.41) is 25.8. The number of anilines is 1. The molecule has 3 aromatic carbocycles. The number of hydrogen-bond acceptors (Lipinski definition) is 8. The number of amides is 2. The van der Waals surface area contributed by atoms with Gasteiger partial charge in [-0.1, -0.05) is 77.7 Å². The van der Waals surface area contributed by atoms with E-state index in [-0.39, 0.29) is 24.1 Å². The Balaban J connectivity index is 1.33. The molecule has 180 valence electrons. The maximum atomic E-state index is 13.0. The third-order valence-electron chi connectivity index (χ3n) is 5.26. The molecule has 0 radical (unpaired) electrons. The standard InChI is InChI=1S/C25H21N7O2S2/c1-16-28-30-24(36-16)27-22(33)15-35-25-31-29-21(32(25)18-10-3-2-4-11-18)14-26-23(34)20-13-7-9-17-8-5-6-12-19(17)20/h2-13H,14-15H2,1H3,(H,26,34)(H,27,30,33). The maximum Gasteiger partial charge on any atom is 0.252 e. The zero-order chi connectivity index (χ0) is 24.9. The number of aromatic nitrogens is 5. The smallest absolute Gasteiger partial charge is 0.252 e. The van der Waals surface area contributed by atoms with Crippen molar-refractivity contribution >= 4 is 50.8 Å². The van der Waals surface area contributed by atoms with Crippen molar-refractivity contribution in [3.05, 3.63) is 89.2 Å². The molecule has 0 aliphatic carbocycles. The van der Waals surface area contributed by atoms with Crippen LogP contribution in [0.4, 0.5) is 5.13 Å². The Kier molecular flexibility index (Phi) is 7.01. The molecule has 5 rings (SSSR count). The first-order chi connectivity index (χ1) is 17.6. The van der Waals surface area contributed by atoms with Crippen LogP contribution in [-0.4, -0.2) is 42.5 Å². The van der Waals surface area contributed by atoms with E-state index >= 15 is 0 Å². The van der Waals surface area contributed by atoms with E-state index in [9.17, 15) is 9.59 Å². The number of aryl methyl sites for hydroxylation is 1. The van der Waals surface area contributed by atoms with Gasteiger partial charge in [-0.25, -0.2) is 0 Å². The molecular formula is C25H21N7O2S2. The molecule has 0 saturated heterocycles. The molecule has 9 nitrogen and oxygen atoms in total. The van der Waals surface area contributed by atoms with Crippen molar-refractivity contribution in [2.75, 3.05) is 11.1 Å². The quantitative estimate of drug-likeness (QED) is 0.297. The molecule has 2 N–H and O–H groups in total. The lowest BCUT2D eigenvalue weighted by molar-refractivity contribution is -0.113. The highest BCUT2D eigenvalue weighted by Crippen LogP contribution is 2.23. The van der Waals surface area contributed by atoms with E-state index in [4.69, 9.17) is 0 Å². The summed E-state index contributed by atoms with van der Waals surface area (Å²) in [7, 11) is 0. The van der Waals surface area contributed by atoms with Crippen LogP contribution < -0.4 is 10.6 Å². The zero-order valence-corrected chi connectivity index (χ0v) is 20.8. The van der Waals surface area contributed by atoms with Gasteiger partial charge in [0.1, 0.15) is 5.01 Å². The summed E-state index contributed by atoms with van der Waals surface area (Å²) in [6.45, 7) is 1.99. The molecule has 11 heteroatoms. The van der Waals surface area contributed by atoms with E-state index in [1.165, 1.54) is 23.1 Å². The molecule has 0 spiro atoms. The van der Waals surface area contributed by atoms with E-state index in [0.29, 0.717) is 21.7 Å². The van der Waals surface area contributed by atoms with Gasteiger partial charge in [0.2, 0.25) is 11.0 Å². The molecule has 2 aromatic heterocycles. The van der Waals surface area contributed by atoms with Crippen LogP contribution in [0.2, 0.25) is 0 Å². The Morgan fingerprint density at radius 3 is 2.50 bits per heavy atom. The summed E-state index contributed by atoms with van der Waals surface area (Å²) in [6.07, 6.45) is 0. The van der Waals surface area contributed by atoms with Gasteiger partial charge in [0.05, 0.1) is 12.3 Å². The third kappa shape index (κ3) is 5.26. The van der Waals surface area contributed by atoms with Crippen LogP contribution in [0.5, 0.6) is 0 Å². The van der Waals surface area contributed by atoms with Crippen LogP contribution in [0.3, 0.4) is 0 Å². The maximum absolute atomic E-state index is 13.0. The first-order valence-electron chi connectivity index (χ1n) is 11.1. The van der Waals surface area contributed by atoms with Gasteiger partial charge in [-0.05, 0) is 35.9 Å². The van der Waals surface area contributed by atoms with E-state index in [0.717, 1.165) is 21.5 Å². The van der Waals surface area contributed by atoms with Gasteiger partial charge in [0.25, 0.3) is 5.91 Å². The van der Waals surface area contributed by atoms with E-state index in [2.05, 4.69) is 31.0 Å². The Labute approximate surface area is 215 Å². The molecule has 0 fully saturated rings. The van der Waals surface area contributed by atoms with Crippen LogP contribution in [-0.2, 0) is 11.3 Å². The van der Waals surface area contributed by atoms with E-state index < -0.39 is 0 Å². The highest BCUT2D eigenvalue weighted by Gasteiger charge is 2.18. The minimum atomic E-state index is -0.218. The zero-order valence-electron chi connectivity index (χ0n) is 19.2. The fourth-order valence-corrected chi connectivity index (χ4v) is 5.03. The van der Waals surface area contributed by atoms with Crippen molar-refractivity contribution in [3.8, 4) is 5.69 Å². The van der Waals surface area contributed by atoms with E-state index in [1.807, 2.05) is 78.2 Å². The Morgan fingerprint density at radius 1 is 0.917 bits per heavy atom. The van der Waals surface area contributed by atoms with Crippen molar-refractivity contribution in [1.82, 2.24) is 30.3 Å². The summed E-state index contributed by atoms with van der Waals surface area (Å²) < 4.78 is 1.84. The number of carbonyl (C=O) groups excluding carboxylic acids is 2. The lowest BCUT2D eigenvalue weighted by atomic mass is 10.0. The number of benzene rings is 3. The molecule has 0 bridgehead atoms. The fraction of sp³-hybridized carbons (Fsp3) is 0.120. The fourth-order valence-electron chi connectivity index (χ4n) is 3.66. The van der Waals surface area contributed by atoms with Crippen LogP contribution in [0.1, 0.15) is 21.2 Å². The number of nitrogens with zero attached hydrogens (tertiary/aromatic N) is 5. The molecular weight excluding hydrogens is 494 g/mol. The number of carbonyl (C=O) groups is 2. The summed E-state index contributed by atoms with van der Waals surface area (Å²) >= 11 is 2.56. The van der Waals surface area contributed by atoms with Crippen molar-refractivity contribution in [2.45, 2.75) is 18.6 Å². The summed E-state index contributed by atoms with van der Waals surface area (Å²) in [6, 6.07) is 23.0. The molecule has 36 heavy (non-hydrogen) atoms. The lowest BCUT2D eigenvalue weighted by Crippen LogP contribution is -2.25. The van der Waals surface area contributed by atoms with Crippen LogP contribution >= 0.6 is 23.1 Å². The van der Waals surface area contributed by atoms with Crippen molar-refractivity contribution in [1.29, 1.82) is 0 Å². The van der Waals surface area contributed by atoms with Gasteiger partial charge in [-0.15, -0.1) is 20.4 Å². The Hall–Kier alpha value is -4.09. The second-order valence-electron chi connectivity index (χ2n) is 7.74. The summed E-state index contributed by atoms with van der Waals surface area (Å²) in [5.41, 5.74) is 1.43. The highest BCUT2D eigenvalue weighted by molar-refractivity contribution is 7.99. The predicted molar refractivity (Wildman–Crippen MR) is 140 cm³/mol. The monoisotopic (exact) mass is 515 g/mol. The van der Waals surface area contributed by atoms with Gasteiger partial charge >= 0.3 is 0 Å². The number of para-hydroxylation sites is 1. The number of hydrogen-bond donors (Lipinski definition) is 2. The van der Waals surface area contributed by atoms with Crippen molar-refractivity contribution in [3.63, 3.8) is 0 Å². The summed E-state index contributed by atoms with van der Waals surface area (Å²) in [4.78, 5) is 25.5. The molecule has 0 aliphatic rings. The number of nitrogens with one attached hydrogen (secondary N) is 2. The number of fused-ring (bicyclic) bond motifs is 1. The molecule has 2 heterocycles. The number of rotatable bonds is 8. The topological polar surface area (TPSA) is 115 Å². The van der Waals surface area contributed by atoms with Gasteiger partial charge in [0.15, 0.2) is 11.0 Å². The Bertz CT molecular complexity index is 1530. The third-order valence-corrected chi connectivity index (χ3v) is 6.94. The number of thioether (sulfide) groups is 1. The SMILES string of the molecule is Cc1nnc(NC(=O)CSc2nnc(CNC(=O)c3cccc4ccccc34)n2-c2ccccc2)s1.